The fourth-order valence-electron chi connectivity index (χ4n) is 10.1. The molecule has 7 aromatic rings. The van der Waals surface area contributed by atoms with Gasteiger partial charge in [-0.25, -0.2) is 0 Å². The second kappa shape index (κ2) is 13.9. The van der Waals surface area contributed by atoms with Crippen LogP contribution in [0.25, 0.3) is 49.9 Å². The smallest absolute Gasteiger partial charge is 0.178 e. The lowest BCUT2D eigenvalue weighted by atomic mass is 9.71. The van der Waals surface area contributed by atoms with Crippen molar-refractivity contribution in [3.05, 3.63) is 161 Å². The lowest BCUT2D eigenvalue weighted by molar-refractivity contribution is 0.122. The maximum Gasteiger partial charge on any atom is 0.178 e. The summed E-state index contributed by atoms with van der Waals surface area (Å²) in [5.74, 6) is 2.24. The summed E-state index contributed by atoms with van der Waals surface area (Å²) < 4.78 is 25.4. The normalized spacial score (nSPS) is 17.9. The zero-order valence-corrected chi connectivity index (χ0v) is 33.1. The van der Waals surface area contributed by atoms with Gasteiger partial charge in [-0.05, 0) is 92.7 Å². The van der Waals surface area contributed by atoms with Crippen LogP contribution in [-0.2, 0) is 15.8 Å². The Kier molecular flexibility index (Phi) is 8.60. The standard InChI is InChI=1S/C52H47NO4/c1-5-51(6-2)45-17-10-9-15-41(45)48-43-32-46(54-3)47(55-4)33-44(43)50-42(49(48)51)26-27-52(57-50,37-22-24-38(25-23-37)53-28-30-56-31-29-53)36-20-18-35(19-21-36)40-16-11-13-34-12-7-8-14-39(34)40/h7-27,32-33H,5-6,28-31H2,1-4H3. The average molecular weight is 750 g/mol. The predicted octanol–water partition coefficient (Wildman–Crippen LogP) is 11.9. The maximum atomic E-state index is 7.77. The molecule has 5 heteroatoms. The molecule has 7 aromatic carbocycles. The van der Waals surface area contributed by atoms with Crippen molar-refractivity contribution >= 4 is 33.3 Å². The predicted molar refractivity (Wildman–Crippen MR) is 233 cm³/mol. The van der Waals surface area contributed by atoms with Crippen LogP contribution in [0.1, 0.15) is 54.5 Å². The molecule has 0 N–H and O–H groups in total. The summed E-state index contributed by atoms with van der Waals surface area (Å²) in [6, 6.07) is 46.3. The number of hydrogen-bond donors (Lipinski definition) is 0. The van der Waals surface area contributed by atoms with Crippen molar-refractivity contribution < 1.29 is 18.9 Å². The van der Waals surface area contributed by atoms with Gasteiger partial charge in [0.05, 0.1) is 27.4 Å². The summed E-state index contributed by atoms with van der Waals surface area (Å²) in [4.78, 5) is 2.40. The Bertz CT molecular complexity index is 2680. The Morgan fingerprint density at radius 3 is 2.00 bits per heavy atom. The number of ether oxygens (including phenoxy) is 4. The first-order valence-electron chi connectivity index (χ1n) is 20.3. The van der Waals surface area contributed by atoms with Crippen molar-refractivity contribution in [2.45, 2.75) is 37.7 Å². The zero-order chi connectivity index (χ0) is 38.7. The second-order valence-electron chi connectivity index (χ2n) is 15.5. The molecule has 0 aromatic heterocycles. The molecule has 284 valence electrons. The van der Waals surface area contributed by atoms with E-state index in [2.05, 4.69) is 158 Å². The molecule has 0 saturated carbocycles. The number of morpholine rings is 1. The minimum absolute atomic E-state index is 0.176. The van der Waals surface area contributed by atoms with Crippen LogP contribution >= 0.6 is 0 Å². The van der Waals surface area contributed by atoms with E-state index in [0.29, 0.717) is 11.5 Å². The average Bonchev–Trinajstić information content (AvgIpc) is 3.59. The quantitative estimate of drug-likeness (QED) is 0.155. The summed E-state index contributed by atoms with van der Waals surface area (Å²) in [5.41, 5.74) is 11.0. The van der Waals surface area contributed by atoms with Crippen molar-refractivity contribution in [1.82, 2.24) is 0 Å². The van der Waals surface area contributed by atoms with Crippen molar-refractivity contribution in [2.75, 3.05) is 45.4 Å². The van der Waals surface area contributed by atoms with Gasteiger partial charge in [0.15, 0.2) is 17.1 Å². The molecule has 0 amide bonds. The minimum atomic E-state index is -0.922. The lowest BCUT2D eigenvalue weighted by Gasteiger charge is -2.39. The zero-order valence-electron chi connectivity index (χ0n) is 33.1. The summed E-state index contributed by atoms with van der Waals surface area (Å²) in [6.45, 7) is 7.89. The number of benzene rings is 7. The van der Waals surface area contributed by atoms with Gasteiger partial charge in [0.2, 0.25) is 0 Å². The fourth-order valence-corrected chi connectivity index (χ4v) is 10.1. The van der Waals surface area contributed by atoms with Crippen LogP contribution in [0.3, 0.4) is 0 Å². The number of rotatable bonds is 8. The lowest BCUT2D eigenvalue weighted by Crippen LogP contribution is -2.37. The molecule has 0 spiro atoms. The topological polar surface area (TPSA) is 40.2 Å². The van der Waals surface area contributed by atoms with Crippen LogP contribution in [0, 0.1) is 0 Å². The maximum absolute atomic E-state index is 7.77. The largest absolute Gasteiger partial charge is 0.493 e. The molecule has 57 heavy (non-hydrogen) atoms. The summed E-state index contributed by atoms with van der Waals surface area (Å²) in [6.07, 6.45) is 6.60. The first-order valence-corrected chi connectivity index (χ1v) is 20.3. The van der Waals surface area contributed by atoms with Gasteiger partial charge in [-0.1, -0.05) is 123 Å². The third kappa shape index (κ3) is 5.32. The van der Waals surface area contributed by atoms with E-state index in [9.17, 15) is 0 Å². The number of hydrogen-bond acceptors (Lipinski definition) is 5. The van der Waals surface area contributed by atoms with E-state index in [-0.39, 0.29) is 5.41 Å². The van der Waals surface area contributed by atoms with Crippen molar-refractivity contribution in [1.29, 1.82) is 0 Å². The molecule has 0 bridgehead atoms. The molecule has 1 atom stereocenters. The van der Waals surface area contributed by atoms with Gasteiger partial charge in [-0.2, -0.15) is 0 Å². The van der Waals surface area contributed by atoms with E-state index in [1.165, 1.54) is 49.8 Å². The van der Waals surface area contributed by atoms with Crippen LogP contribution in [0.15, 0.2) is 133 Å². The number of anilines is 1. The fraction of sp³-hybridized carbons (Fsp3) is 0.231. The minimum Gasteiger partial charge on any atom is -0.493 e. The first-order chi connectivity index (χ1) is 28.0. The summed E-state index contributed by atoms with van der Waals surface area (Å²) in [7, 11) is 3.42. The van der Waals surface area contributed by atoms with E-state index >= 15 is 0 Å². The summed E-state index contributed by atoms with van der Waals surface area (Å²) in [5, 5.41) is 4.58. The molecule has 1 unspecified atom stereocenters. The van der Waals surface area contributed by atoms with E-state index in [4.69, 9.17) is 18.9 Å². The van der Waals surface area contributed by atoms with Gasteiger partial charge in [0.25, 0.3) is 0 Å². The van der Waals surface area contributed by atoms with Crippen LogP contribution in [0.5, 0.6) is 17.2 Å². The molecule has 5 nitrogen and oxygen atoms in total. The Balaban J connectivity index is 1.21. The van der Waals surface area contributed by atoms with Crippen molar-refractivity contribution in [3.63, 3.8) is 0 Å². The highest BCUT2D eigenvalue weighted by Gasteiger charge is 2.47. The second-order valence-corrected chi connectivity index (χ2v) is 15.5. The number of nitrogens with zero attached hydrogens (tertiary/aromatic N) is 1. The highest BCUT2D eigenvalue weighted by molar-refractivity contribution is 6.09. The third-order valence-corrected chi connectivity index (χ3v) is 13.0. The van der Waals surface area contributed by atoms with E-state index in [1.54, 1.807) is 14.2 Å². The molecular weight excluding hydrogens is 703 g/mol. The highest BCUT2D eigenvalue weighted by Crippen LogP contribution is 2.61. The SMILES string of the molecule is CCC1(CC)c2ccccc2-c2c1c1c(c3cc(OC)c(OC)cc23)OC(c2ccc(-c3cccc4ccccc34)cc2)(c2ccc(N3CCOCC3)cc2)C=C1. The van der Waals surface area contributed by atoms with Gasteiger partial charge < -0.3 is 23.8 Å². The van der Waals surface area contributed by atoms with Crippen molar-refractivity contribution in [2.24, 2.45) is 0 Å². The molecule has 1 fully saturated rings. The molecule has 3 aliphatic rings. The third-order valence-electron chi connectivity index (χ3n) is 13.0. The monoisotopic (exact) mass is 749 g/mol. The van der Waals surface area contributed by atoms with Gasteiger partial charge in [-0.3, -0.25) is 0 Å². The number of methoxy groups -OCH3 is 2. The van der Waals surface area contributed by atoms with Crippen LogP contribution < -0.4 is 19.1 Å². The first kappa shape index (κ1) is 35.4. The Labute approximate surface area is 335 Å². The number of fused-ring (bicyclic) bond motifs is 9. The van der Waals surface area contributed by atoms with Gasteiger partial charge in [0.1, 0.15) is 5.75 Å². The van der Waals surface area contributed by atoms with Crippen LogP contribution in [0.2, 0.25) is 0 Å². The Hall–Kier alpha value is -6.04. The molecule has 1 saturated heterocycles. The van der Waals surface area contributed by atoms with Crippen LogP contribution in [0.4, 0.5) is 5.69 Å². The Morgan fingerprint density at radius 1 is 0.649 bits per heavy atom. The van der Waals surface area contributed by atoms with E-state index in [0.717, 1.165) is 72.4 Å². The van der Waals surface area contributed by atoms with E-state index in [1.807, 2.05) is 0 Å². The molecule has 2 aliphatic heterocycles. The molecular formula is C52H47NO4. The van der Waals surface area contributed by atoms with Crippen molar-refractivity contribution in [3.8, 4) is 39.5 Å². The molecule has 0 radical (unpaired) electrons. The van der Waals surface area contributed by atoms with Gasteiger partial charge >= 0.3 is 0 Å². The molecule has 2 heterocycles. The van der Waals surface area contributed by atoms with E-state index < -0.39 is 5.60 Å². The van der Waals surface area contributed by atoms with Gasteiger partial charge in [0, 0.05) is 46.3 Å². The highest BCUT2D eigenvalue weighted by atomic mass is 16.5. The molecule has 1 aliphatic carbocycles. The van der Waals surface area contributed by atoms with Crippen LogP contribution in [-0.4, -0.2) is 40.5 Å². The molecule has 10 rings (SSSR count). The Morgan fingerprint density at radius 2 is 1.28 bits per heavy atom. The summed E-state index contributed by atoms with van der Waals surface area (Å²) >= 11 is 0. The van der Waals surface area contributed by atoms with Gasteiger partial charge in [-0.15, -0.1) is 0 Å².